The molecule has 0 bridgehead atoms. The van der Waals surface area contributed by atoms with E-state index in [1.54, 1.807) is 0 Å². The SMILES string of the molecule is CCCCCC[C@@H](O)CC=CCCCCCCCC(=O)O.O=C[C@H](O)[C@@H](O)[C@H](O)[C@H](O)CO. The second-order valence-electron chi connectivity index (χ2n) is 8.27. The summed E-state index contributed by atoms with van der Waals surface area (Å²) in [4.78, 5) is 20.2. The van der Waals surface area contributed by atoms with E-state index in [0.717, 1.165) is 51.4 Å². The molecule has 0 spiro atoms. The first-order valence-corrected chi connectivity index (χ1v) is 12.0. The summed E-state index contributed by atoms with van der Waals surface area (Å²) >= 11 is 0. The van der Waals surface area contributed by atoms with Crippen LogP contribution in [-0.2, 0) is 9.59 Å². The summed E-state index contributed by atoms with van der Waals surface area (Å²) in [5.74, 6) is -0.689. The zero-order valence-electron chi connectivity index (χ0n) is 20.0. The Morgan fingerprint density at radius 3 is 2.00 bits per heavy atom. The van der Waals surface area contributed by atoms with Crippen LogP contribution in [-0.4, -0.2) is 85.1 Å². The van der Waals surface area contributed by atoms with Crippen LogP contribution in [0.1, 0.15) is 90.4 Å². The number of carbonyl (C=O) groups is 2. The topological polar surface area (TPSA) is 176 Å². The van der Waals surface area contributed by atoms with Gasteiger partial charge in [0.05, 0.1) is 12.7 Å². The zero-order valence-corrected chi connectivity index (χ0v) is 20.0. The summed E-state index contributed by atoms with van der Waals surface area (Å²) in [6.45, 7) is 1.44. The number of carboxylic acids is 1. The van der Waals surface area contributed by atoms with E-state index in [0.29, 0.717) is 6.42 Å². The molecule has 0 aromatic carbocycles. The molecule has 0 aromatic rings. The lowest BCUT2D eigenvalue weighted by Gasteiger charge is -2.22. The average molecular weight is 479 g/mol. The maximum Gasteiger partial charge on any atom is 0.303 e. The third-order valence-electron chi connectivity index (χ3n) is 5.15. The van der Waals surface area contributed by atoms with E-state index in [1.807, 2.05) is 0 Å². The highest BCUT2D eigenvalue weighted by atomic mass is 16.4. The van der Waals surface area contributed by atoms with Crippen molar-refractivity contribution >= 4 is 12.3 Å². The molecule has 0 aliphatic heterocycles. The van der Waals surface area contributed by atoms with Crippen molar-refractivity contribution in [1.29, 1.82) is 0 Å². The van der Waals surface area contributed by atoms with E-state index in [-0.39, 0.29) is 12.4 Å². The van der Waals surface area contributed by atoms with Crippen molar-refractivity contribution in [2.75, 3.05) is 6.61 Å². The molecule has 0 aliphatic rings. The molecule has 33 heavy (non-hydrogen) atoms. The lowest BCUT2D eigenvalue weighted by Crippen LogP contribution is -2.46. The van der Waals surface area contributed by atoms with Gasteiger partial charge < -0.3 is 40.5 Å². The van der Waals surface area contributed by atoms with E-state index in [2.05, 4.69) is 19.1 Å². The van der Waals surface area contributed by atoms with E-state index in [4.69, 9.17) is 30.6 Å². The van der Waals surface area contributed by atoms with Crippen molar-refractivity contribution in [1.82, 2.24) is 0 Å². The van der Waals surface area contributed by atoms with Crippen molar-refractivity contribution in [3.8, 4) is 0 Å². The predicted molar refractivity (Wildman–Crippen MR) is 126 cm³/mol. The highest BCUT2D eigenvalue weighted by Gasteiger charge is 2.29. The molecule has 0 amide bonds. The number of hydrogen-bond acceptors (Lipinski definition) is 8. The second kappa shape index (κ2) is 23.8. The minimum Gasteiger partial charge on any atom is -0.481 e. The van der Waals surface area contributed by atoms with Gasteiger partial charge in [0.25, 0.3) is 0 Å². The van der Waals surface area contributed by atoms with Gasteiger partial charge in [0.1, 0.15) is 24.4 Å². The maximum atomic E-state index is 10.3. The van der Waals surface area contributed by atoms with Crippen molar-refractivity contribution in [2.24, 2.45) is 0 Å². The number of aliphatic carboxylic acids is 1. The average Bonchev–Trinajstić information content (AvgIpc) is 2.81. The van der Waals surface area contributed by atoms with Crippen molar-refractivity contribution in [3.63, 3.8) is 0 Å². The van der Waals surface area contributed by atoms with Crippen LogP contribution >= 0.6 is 0 Å². The number of hydrogen-bond donors (Lipinski definition) is 7. The van der Waals surface area contributed by atoms with Crippen molar-refractivity contribution < 1.29 is 45.3 Å². The van der Waals surface area contributed by atoms with Crippen LogP contribution in [0.2, 0.25) is 0 Å². The van der Waals surface area contributed by atoms with Gasteiger partial charge >= 0.3 is 5.97 Å². The summed E-state index contributed by atoms with van der Waals surface area (Å²) in [7, 11) is 0. The maximum absolute atomic E-state index is 10.3. The third kappa shape index (κ3) is 22.2. The lowest BCUT2D eigenvalue weighted by molar-refractivity contribution is -0.137. The Hall–Kier alpha value is -1.36. The van der Waals surface area contributed by atoms with Gasteiger partial charge in [-0.25, -0.2) is 0 Å². The molecule has 9 nitrogen and oxygen atoms in total. The number of aliphatic hydroxyl groups is 6. The Balaban J connectivity index is 0. The number of unbranched alkanes of at least 4 members (excludes halogenated alkanes) is 8. The minimum absolute atomic E-state index is 0.0258. The Morgan fingerprint density at radius 1 is 0.818 bits per heavy atom. The fourth-order valence-electron chi connectivity index (χ4n) is 2.98. The predicted octanol–water partition coefficient (Wildman–Crippen LogP) is 1.70. The highest BCUT2D eigenvalue weighted by molar-refractivity contribution is 5.66. The Bertz CT molecular complexity index is 485. The van der Waals surface area contributed by atoms with Crippen LogP contribution in [0.15, 0.2) is 12.2 Å². The largest absolute Gasteiger partial charge is 0.481 e. The monoisotopic (exact) mass is 478 g/mol. The molecule has 0 saturated heterocycles. The molecule has 0 saturated carbocycles. The quantitative estimate of drug-likeness (QED) is 0.0780. The molecule has 5 atom stereocenters. The molecule has 0 aromatic heterocycles. The third-order valence-corrected chi connectivity index (χ3v) is 5.15. The van der Waals surface area contributed by atoms with Crippen LogP contribution in [0.25, 0.3) is 0 Å². The smallest absolute Gasteiger partial charge is 0.303 e. The summed E-state index contributed by atoms with van der Waals surface area (Å²) in [5, 5.41) is 61.8. The fraction of sp³-hybridized carbons (Fsp3) is 0.833. The molecule has 9 heteroatoms. The number of allylic oxidation sites excluding steroid dienone is 1. The summed E-state index contributed by atoms with van der Waals surface area (Å²) < 4.78 is 0. The highest BCUT2D eigenvalue weighted by Crippen LogP contribution is 2.10. The van der Waals surface area contributed by atoms with Crippen LogP contribution in [0, 0.1) is 0 Å². The van der Waals surface area contributed by atoms with E-state index < -0.39 is 37.0 Å². The van der Waals surface area contributed by atoms with Crippen molar-refractivity contribution in [3.05, 3.63) is 12.2 Å². The molecular weight excluding hydrogens is 432 g/mol. The number of aldehydes is 1. The first kappa shape index (κ1) is 33.8. The molecule has 0 heterocycles. The molecular formula is C24H46O9. The van der Waals surface area contributed by atoms with E-state index in [9.17, 15) is 14.7 Å². The van der Waals surface area contributed by atoms with Gasteiger partial charge in [-0.2, -0.15) is 0 Å². The Labute approximate surface area is 197 Å². The standard InChI is InChI=1S/C18H34O3.C6H12O6/c1-2-3-4-11-14-17(19)15-12-9-7-5-6-8-10-13-16-18(20)21;7-1-3(9)5(11)6(12)4(10)2-8/h9,12,17,19H,2-8,10-11,13-16H2,1H3,(H,20,21);1,3-6,8-12H,2H2/t17-;3-,4+,5+,6+/m10/s1. The number of carbonyl (C=O) groups excluding carboxylic acids is 1. The molecule has 196 valence electrons. The van der Waals surface area contributed by atoms with Gasteiger partial charge in [-0.15, -0.1) is 0 Å². The van der Waals surface area contributed by atoms with Crippen LogP contribution in [0.5, 0.6) is 0 Å². The van der Waals surface area contributed by atoms with Gasteiger partial charge in [0.2, 0.25) is 0 Å². The van der Waals surface area contributed by atoms with Gasteiger partial charge in [-0.3, -0.25) is 4.79 Å². The van der Waals surface area contributed by atoms with Crippen LogP contribution in [0.4, 0.5) is 0 Å². The van der Waals surface area contributed by atoms with E-state index in [1.165, 1.54) is 25.7 Å². The number of rotatable bonds is 20. The molecule has 7 N–H and O–H groups in total. The Morgan fingerprint density at radius 2 is 1.42 bits per heavy atom. The lowest BCUT2D eigenvalue weighted by atomic mass is 10.0. The fourth-order valence-corrected chi connectivity index (χ4v) is 2.98. The first-order valence-electron chi connectivity index (χ1n) is 12.0. The molecule has 0 unspecified atom stereocenters. The van der Waals surface area contributed by atoms with Gasteiger partial charge in [-0.05, 0) is 32.1 Å². The molecule has 0 radical (unpaired) electrons. The molecule has 0 aliphatic carbocycles. The molecule has 0 rings (SSSR count). The van der Waals surface area contributed by atoms with E-state index >= 15 is 0 Å². The van der Waals surface area contributed by atoms with Gasteiger partial charge in [-0.1, -0.05) is 64.0 Å². The van der Waals surface area contributed by atoms with Crippen LogP contribution < -0.4 is 0 Å². The number of aliphatic hydroxyl groups excluding tert-OH is 6. The first-order chi connectivity index (χ1) is 15.7. The normalized spacial score (nSPS) is 15.8. The van der Waals surface area contributed by atoms with Crippen LogP contribution in [0.3, 0.4) is 0 Å². The summed E-state index contributed by atoms with van der Waals surface area (Å²) in [6.07, 6.45) is 10.5. The van der Waals surface area contributed by atoms with Gasteiger partial charge in [0, 0.05) is 6.42 Å². The Kier molecular flexibility index (Phi) is 24.4. The van der Waals surface area contributed by atoms with Gasteiger partial charge in [0.15, 0.2) is 6.29 Å². The summed E-state index contributed by atoms with van der Waals surface area (Å²) in [6, 6.07) is 0. The zero-order chi connectivity index (χ0) is 25.5. The second-order valence-corrected chi connectivity index (χ2v) is 8.27. The number of carboxylic acid groups (broad SMARTS) is 1. The summed E-state index contributed by atoms with van der Waals surface area (Å²) in [5.41, 5.74) is 0. The van der Waals surface area contributed by atoms with Crippen molar-refractivity contribution in [2.45, 2.75) is 121 Å². The molecule has 0 fully saturated rings. The minimum atomic E-state index is -1.79.